The largest absolute Gasteiger partial charge is 0.481 e. The van der Waals surface area contributed by atoms with Crippen molar-refractivity contribution >= 4 is 15.8 Å². The Balaban J connectivity index is 2.06. The molecule has 0 saturated heterocycles. The van der Waals surface area contributed by atoms with Crippen molar-refractivity contribution in [3.63, 3.8) is 0 Å². The van der Waals surface area contributed by atoms with Crippen LogP contribution >= 0.6 is 0 Å². The molecule has 1 aromatic rings. The summed E-state index contributed by atoms with van der Waals surface area (Å²) in [6, 6.07) is 4.95. The maximum Gasteiger partial charge on any atom is 0.312 e. The molecule has 1 aliphatic carbocycles. The van der Waals surface area contributed by atoms with Crippen LogP contribution in [0.1, 0.15) is 11.5 Å². The fourth-order valence-corrected chi connectivity index (χ4v) is 5.12. The molecule has 0 amide bonds. The van der Waals surface area contributed by atoms with Gasteiger partial charge in [0.1, 0.15) is 5.41 Å². The zero-order valence-corrected chi connectivity index (χ0v) is 12.1. The molecular weight excluding hydrogens is 298 g/mol. The van der Waals surface area contributed by atoms with E-state index in [1.165, 1.54) is 0 Å². The normalized spacial score (nSPS) is 30.2. The lowest BCUT2D eigenvalue weighted by Gasteiger charge is -2.09. The number of hydrogen-bond donors (Lipinski definition) is 2. The first-order chi connectivity index (χ1) is 9.82. The second-order valence-electron chi connectivity index (χ2n) is 5.39. The molecule has 21 heavy (non-hydrogen) atoms. The number of nitrogens with two attached hydrogens (primary N) is 1. The predicted molar refractivity (Wildman–Crippen MR) is 73.1 cm³/mol. The topological polar surface area (TPSA) is 116 Å². The monoisotopic (exact) mass is 313 g/mol. The number of hydrogen-bond acceptors (Lipinski definition) is 6. The molecule has 1 saturated carbocycles. The number of benzene rings is 1. The van der Waals surface area contributed by atoms with Crippen LogP contribution in [-0.2, 0) is 14.6 Å². The second kappa shape index (κ2) is 4.35. The summed E-state index contributed by atoms with van der Waals surface area (Å²) in [5, 5.41) is 8.44. The van der Waals surface area contributed by atoms with Crippen molar-refractivity contribution in [3.8, 4) is 11.5 Å². The Morgan fingerprint density at radius 2 is 2.10 bits per heavy atom. The van der Waals surface area contributed by atoms with Crippen LogP contribution in [0, 0.1) is 5.41 Å². The van der Waals surface area contributed by atoms with Crippen molar-refractivity contribution in [2.75, 3.05) is 19.6 Å². The van der Waals surface area contributed by atoms with Crippen LogP contribution in [-0.4, -0.2) is 44.3 Å². The zero-order valence-electron chi connectivity index (χ0n) is 11.3. The first-order valence-corrected chi connectivity index (χ1v) is 8.29. The molecular formula is C13H15NO6S. The molecule has 3 rings (SSSR count). The third-order valence-electron chi connectivity index (χ3n) is 4.21. The van der Waals surface area contributed by atoms with Crippen molar-refractivity contribution in [1.82, 2.24) is 0 Å². The number of aliphatic carboxylic acids is 1. The van der Waals surface area contributed by atoms with Crippen LogP contribution in [0.15, 0.2) is 18.2 Å². The third-order valence-corrected chi connectivity index (χ3v) is 5.82. The highest BCUT2D eigenvalue weighted by atomic mass is 32.2. The van der Waals surface area contributed by atoms with Gasteiger partial charge in [-0.15, -0.1) is 0 Å². The molecule has 0 radical (unpaired) electrons. The molecule has 0 spiro atoms. The van der Waals surface area contributed by atoms with Gasteiger partial charge in [0.2, 0.25) is 6.79 Å². The number of rotatable bonds is 4. The van der Waals surface area contributed by atoms with E-state index in [-0.39, 0.29) is 13.3 Å². The summed E-state index contributed by atoms with van der Waals surface area (Å²) in [5.74, 6) is -0.820. The first-order valence-electron chi connectivity index (χ1n) is 6.34. The lowest BCUT2D eigenvalue weighted by molar-refractivity contribution is -0.143. The number of carboxylic acid groups (broad SMARTS) is 1. The van der Waals surface area contributed by atoms with Gasteiger partial charge in [0, 0.05) is 18.7 Å². The Labute approximate surface area is 121 Å². The van der Waals surface area contributed by atoms with Gasteiger partial charge in [-0.3, -0.25) is 4.79 Å². The van der Waals surface area contributed by atoms with E-state index in [0.29, 0.717) is 17.1 Å². The van der Waals surface area contributed by atoms with Gasteiger partial charge in [0.15, 0.2) is 21.3 Å². The average Bonchev–Trinajstić information content (AvgIpc) is 2.92. The summed E-state index contributed by atoms with van der Waals surface area (Å²) in [7, 11) is -3.54. The van der Waals surface area contributed by atoms with Crippen LogP contribution in [0.3, 0.4) is 0 Å². The lowest BCUT2D eigenvalue weighted by atomic mass is 9.99. The molecule has 3 N–H and O–H groups in total. The summed E-state index contributed by atoms with van der Waals surface area (Å²) < 4.78 is 34.3. The maximum absolute atomic E-state index is 11.9. The summed E-state index contributed by atoms with van der Waals surface area (Å²) in [6.45, 7) is -0.140. The zero-order chi connectivity index (χ0) is 15.4. The molecule has 1 aliphatic heterocycles. The van der Waals surface area contributed by atoms with E-state index in [2.05, 4.69) is 0 Å². The standard InChI is InChI=1S/C13H15NO6S/c1-21(17,18)11-10(13(11,5-14)12(15)16)7-2-3-8-9(4-7)20-6-19-8/h2-4,10-11H,5-6,14H2,1H3,(H,15,16)/t10-,11+,13-/m1/s1. The molecule has 0 bridgehead atoms. The molecule has 0 unspecified atom stereocenters. The van der Waals surface area contributed by atoms with Crippen molar-refractivity contribution < 1.29 is 27.8 Å². The predicted octanol–water partition coefficient (Wildman–Crippen LogP) is -0.0446. The van der Waals surface area contributed by atoms with E-state index < -0.39 is 32.4 Å². The third kappa shape index (κ3) is 1.90. The van der Waals surface area contributed by atoms with Crippen molar-refractivity contribution in [2.24, 2.45) is 11.1 Å². The second-order valence-corrected chi connectivity index (χ2v) is 7.56. The minimum Gasteiger partial charge on any atom is -0.481 e. The highest BCUT2D eigenvalue weighted by Crippen LogP contribution is 2.63. The Morgan fingerprint density at radius 1 is 1.43 bits per heavy atom. The molecule has 2 aliphatic rings. The molecule has 114 valence electrons. The highest BCUT2D eigenvalue weighted by molar-refractivity contribution is 7.91. The van der Waals surface area contributed by atoms with Crippen LogP contribution in [0.4, 0.5) is 0 Å². The highest BCUT2D eigenvalue weighted by Gasteiger charge is 2.74. The van der Waals surface area contributed by atoms with E-state index in [9.17, 15) is 18.3 Å². The quantitative estimate of drug-likeness (QED) is 0.801. The van der Waals surface area contributed by atoms with E-state index in [0.717, 1.165) is 6.26 Å². The maximum atomic E-state index is 11.9. The number of carboxylic acids is 1. The van der Waals surface area contributed by atoms with Gasteiger partial charge in [-0.05, 0) is 17.7 Å². The van der Waals surface area contributed by atoms with Crippen molar-refractivity contribution in [3.05, 3.63) is 23.8 Å². The van der Waals surface area contributed by atoms with Crippen molar-refractivity contribution in [1.29, 1.82) is 0 Å². The Bertz CT molecular complexity index is 715. The summed E-state index contributed by atoms with van der Waals surface area (Å²) in [5.41, 5.74) is 4.71. The number of carbonyl (C=O) groups is 1. The van der Waals surface area contributed by atoms with Crippen LogP contribution < -0.4 is 15.2 Å². The average molecular weight is 313 g/mol. The smallest absolute Gasteiger partial charge is 0.312 e. The van der Waals surface area contributed by atoms with Gasteiger partial charge >= 0.3 is 5.97 Å². The van der Waals surface area contributed by atoms with Crippen LogP contribution in [0.25, 0.3) is 0 Å². The fraction of sp³-hybridized carbons (Fsp3) is 0.462. The summed E-state index contributed by atoms with van der Waals surface area (Å²) in [6.07, 6.45) is 1.04. The number of sulfone groups is 1. The van der Waals surface area contributed by atoms with Gasteiger partial charge in [0.25, 0.3) is 0 Å². The van der Waals surface area contributed by atoms with Gasteiger partial charge in [-0.2, -0.15) is 0 Å². The van der Waals surface area contributed by atoms with Crippen LogP contribution in [0.5, 0.6) is 11.5 Å². The SMILES string of the molecule is CS(=O)(=O)[C@H]1[C@@H](c2ccc3c(c2)OCO3)[C@@]1(CN)C(=O)O. The Hall–Kier alpha value is -1.80. The van der Waals surface area contributed by atoms with E-state index >= 15 is 0 Å². The molecule has 8 heteroatoms. The van der Waals surface area contributed by atoms with E-state index in [4.69, 9.17) is 15.2 Å². The Kier molecular flexibility index (Phi) is 2.93. The van der Waals surface area contributed by atoms with Crippen LogP contribution in [0.2, 0.25) is 0 Å². The number of fused-ring (bicyclic) bond motifs is 1. The van der Waals surface area contributed by atoms with Crippen molar-refractivity contribution in [2.45, 2.75) is 11.2 Å². The molecule has 7 nitrogen and oxygen atoms in total. The van der Waals surface area contributed by atoms with Gasteiger partial charge < -0.3 is 20.3 Å². The first kappa shape index (κ1) is 14.2. The Morgan fingerprint density at radius 3 is 2.62 bits per heavy atom. The van der Waals surface area contributed by atoms with Gasteiger partial charge in [-0.25, -0.2) is 8.42 Å². The minimum atomic E-state index is -3.54. The molecule has 1 fully saturated rings. The summed E-state index contributed by atoms with van der Waals surface area (Å²) >= 11 is 0. The minimum absolute atomic E-state index is 0.0971. The molecule has 1 aromatic carbocycles. The molecule has 0 aromatic heterocycles. The van der Waals surface area contributed by atoms with E-state index in [1.807, 2.05) is 0 Å². The molecule has 3 atom stereocenters. The number of ether oxygens (including phenoxy) is 2. The van der Waals surface area contributed by atoms with E-state index in [1.54, 1.807) is 18.2 Å². The molecule has 1 heterocycles. The van der Waals surface area contributed by atoms with Gasteiger partial charge in [-0.1, -0.05) is 6.07 Å². The lowest BCUT2D eigenvalue weighted by Crippen LogP contribution is -2.31. The fourth-order valence-electron chi connectivity index (χ4n) is 3.20. The van der Waals surface area contributed by atoms with Gasteiger partial charge in [0.05, 0.1) is 5.25 Å². The summed E-state index contributed by atoms with van der Waals surface area (Å²) in [4.78, 5) is 11.6.